The van der Waals surface area contributed by atoms with Crippen LogP contribution in [-0.2, 0) is 0 Å². The zero-order valence-corrected chi connectivity index (χ0v) is 12.8. The van der Waals surface area contributed by atoms with Crippen molar-refractivity contribution < 1.29 is 5.11 Å². The molecule has 1 aliphatic carbocycles. The van der Waals surface area contributed by atoms with Crippen molar-refractivity contribution in [2.24, 2.45) is 0 Å². The highest BCUT2D eigenvalue weighted by molar-refractivity contribution is 9.11. The monoisotopic (exact) mass is 361 g/mol. The lowest BCUT2D eigenvalue weighted by Gasteiger charge is -2.23. The Morgan fingerprint density at radius 3 is 2.71 bits per heavy atom. The van der Waals surface area contributed by atoms with Crippen molar-refractivity contribution in [3.05, 3.63) is 27.1 Å². The number of rotatable bonds is 2. The van der Waals surface area contributed by atoms with E-state index in [0.29, 0.717) is 0 Å². The molecule has 17 heavy (non-hydrogen) atoms. The van der Waals surface area contributed by atoms with Crippen molar-refractivity contribution in [3.63, 3.8) is 0 Å². The smallest absolute Gasteiger partial charge is 0.0741 e. The van der Waals surface area contributed by atoms with E-state index in [4.69, 9.17) is 0 Å². The number of nitrogens with one attached hydrogen (secondary N) is 1. The zero-order chi connectivity index (χ0) is 12.3. The minimum absolute atomic E-state index is 0.170. The first-order valence-electron chi connectivity index (χ1n) is 6.06. The summed E-state index contributed by atoms with van der Waals surface area (Å²) < 4.78 is 2.09. The van der Waals surface area contributed by atoms with E-state index in [9.17, 15) is 5.11 Å². The van der Waals surface area contributed by atoms with E-state index in [1.165, 1.54) is 12.8 Å². The van der Waals surface area contributed by atoms with Gasteiger partial charge in [0.15, 0.2) is 0 Å². The molecule has 2 atom stereocenters. The molecular formula is C13H17Br2NO. The molecule has 1 aromatic rings. The average Bonchev–Trinajstić information content (AvgIpc) is 2.50. The molecular weight excluding hydrogens is 346 g/mol. The van der Waals surface area contributed by atoms with E-state index in [-0.39, 0.29) is 12.1 Å². The van der Waals surface area contributed by atoms with Gasteiger partial charge in [-0.15, -0.1) is 0 Å². The van der Waals surface area contributed by atoms with E-state index >= 15 is 0 Å². The zero-order valence-electron chi connectivity index (χ0n) is 9.63. The molecule has 4 heteroatoms. The van der Waals surface area contributed by atoms with Crippen molar-refractivity contribution in [1.29, 1.82) is 0 Å². The topological polar surface area (TPSA) is 32.3 Å². The van der Waals surface area contributed by atoms with E-state index in [2.05, 4.69) is 37.2 Å². The number of aliphatic hydroxyl groups excluding tert-OH is 1. The van der Waals surface area contributed by atoms with Crippen LogP contribution < -0.4 is 5.32 Å². The molecule has 0 aromatic heterocycles. The summed E-state index contributed by atoms with van der Waals surface area (Å²) in [6, 6.07) is 6.22. The highest BCUT2D eigenvalue weighted by atomic mass is 79.9. The summed E-state index contributed by atoms with van der Waals surface area (Å²) in [6.07, 6.45) is 5.28. The second-order valence-electron chi connectivity index (χ2n) is 4.58. The third-order valence-electron chi connectivity index (χ3n) is 3.25. The summed E-state index contributed by atoms with van der Waals surface area (Å²) in [5.41, 5.74) is 1.05. The van der Waals surface area contributed by atoms with Crippen molar-refractivity contribution in [2.75, 3.05) is 5.32 Å². The molecule has 0 amide bonds. The predicted octanol–water partition coefficient (Wildman–Crippen LogP) is 4.32. The van der Waals surface area contributed by atoms with Gasteiger partial charge in [-0.05, 0) is 47.0 Å². The fraction of sp³-hybridized carbons (Fsp3) is 0.538. The number of benzene rings is 1. The molecule has 0 radical (unpaired) electrons. The lowest BCUT2D eigenvalue weighted by atomic mass is 10.1. The lowest BCUT2D eigenvalue weighted by molar-refractivity contribution is 0.144. The van der Waals surface area contributed by atoms with Gasteiger partial charge in [0.2, 0.25) is 0 Å². The van der Waals surface area contributed by atoms with Crippen LogP contribution in [0.5, 0.6) is 0 Å². The standard InChI is InChI=1S/C13H17Br2NO/c14-9-6-7-10(15)12(8-9)16-11-4-2-1-3-5-13(11)17/h6-8,11,13,16-17H,1-5H2. The van der Waals surface area contributed by atoms with Gasteiger partial charge in [0, 0.05) is 14.6 Å². The summed E-state index contributed by atoms with van der Waals surface area (Å²) in [4.78, 5) is 0. The summed E-state index contributed by atoms with van der Waals surface area (Å²) >= 11 is 7.00. The number of aliphatic hydroxyl groups is 1. The maximum absolute atomic E-state index is 10.1. The first-order valence-corrected chi connectivity index (χ1v) is 7.65. The lowest BCUT2D eigenvalue weighted by Crippen LogP contribution is -2.32. The fourth-order valence-corrected chi connectivity index (χ4v) is 2.99. The number of hydrogen-bond donors (Lipinski definition) is 2. The maximum atomic E-state index is 10.1. The summed E-state index contributed by atoms with van der Waals surface area (Å²) in [6.45, 7) is 0. The third kappa shape index (κ3) is 3.70. The minimum Gasteiger partial charge on any atom is -0.391 e. The van der Waals surface area contributed by atoms with Gasteiger partial charge in [0.05, 0.1) is 12.1 Å². The number of hydrogen-bond acceptors (Lipinski definition) is 2. The van der Waals surface area contributed by atoms with Crippen LogP contribution in [0.3, 0.4) is 0 Å². The minimum atomic E-state index is -0.233. The quantitative estimate of drug-likeness (QED) is 0.768. The second kappa shape index (κ2) is 6.21. The first kappa shape index (κ1) is 13.4. The van der Waals surface area contributed by atoms with Crippen LogP contribution in [0.15, 0.2) is 27.1 Å². The van der Waals surface area contributed by atoms with Gasteiger partial charge < -0.3 is 10.4 Å². The third-order valence-corrected chi connectivity index (χ3v) is 4.43. The largest absolute Gasteiger partial charge is 0.391 e. The van der Waals surface area contributed by atoms with Gasteiger partial charge >= 0.3 is 0 Å². The molecule has 1 aromatic carbocycles. The molecule has 1 saturated carbocycles. The Balaban J connectivity index is 2.10. The molecule has 1 aliphatic rings. The molecule has 0 saturated heterocycles. The summed E-state index contributed by atoms with van der Waals surface area (Å²) in [7, 11) is 0. The summed E-state index contributed by atoms with van der Waals surface area (Å²) in [5.74, 6) is 0. The highest BCUT2D eigenvalue weighted by Crippen LogP contribution is 2.29. The van der Waals surface area contributed by atoms with E-state index in [1.807, 2.05) is 18.2 Å². The highest BCUT2D eigenvalue weighted by Gasteiger charge is 2.21. The Bertz CT molecular complexity index is 384. The van der Waals surface area contributed by atoms with Crippen LogP contribution in [0.2, 0.25) is 0 Å². The molecule has 2 N–H and O–H groups in total. The van der Waals surface area contributed by atoms with Crippen LogP contribution in [0.4, 0.5) is 5.69 Å². The fourth-order valence-electron chi connectivity index (χ4n) is 2.26. The van der Waals surface area contributed by atoms with Gasteiger partial charge in [0.25, 0.3) is 0 Å². The Morgan fingerprint density at radius 1 is 1.12 bits per heavy atom. The van der Waals surface area contributed by atoms with E-state index in [1.54, 1.807) is 0 Å². The van der Waals surface area contributed by atoms with Crippen molar-refractivity contribution in [3.8, 4) is 0 Å². The van der Waals surface area contributed by atoms with Gasteiger partial charge in [-0.2, -0.15) is 0 Å². The maximum Gasteiger partial charge on any atom is 0.0741 e. The molecule has 0 aliphatic heterocycles. The molecule has 94 valence electrons. The van der Waals surface area contributed by atoms with Crippen LogP contribution in [0, 0.1) is 0 Å². The van der Waals surface area contributed by atoms with Crippen LogP contribution in [-0.4, -0.2) is 17.3 Å². The normalized spacial score (nSPS) is 25.4. The SMILES string of the molecule is OC1CCCCCC1Nc1cc(Br)ccc1Br. The molecule has 1 fully saturated rings. The van der Waals surface area contributed by atoms with Gasteiger partial charge in [-0.1, -0.05) is 35.2 Å². The first-order chi connectivity index (χ1) is 8.16. The second-order valence-corrected chi connectivity index (χ2v) is 6.35. The van der Waals surface area contributed by atoms with Gasteiger partial charge in [-0.25, -0.2) is 0 Å². The van der Waals surface area contributed by atoms with Crippen molar-refractivity contribution in [2.45, 2.75) is 44.2 Å². The molecule has 0 spiro atoms. The Morgan fingerprint density at radius 2 is 1.88 bits per heavy atom. The Hall–Kier alpha value is -0.0600. The number of halogens is 2. The van der Waals surface area contributed by atoms with Crippen LogP contribution in [0.1, 0.15) is 32.1 Å². The predicted molar refractivity (Wildman–Crippen MR) is 78.3 cm³/mol. The van der Waals surface area contributed by atoms with E-state index < -0.39 is 0 Å². The Labute approximate surface area is 119 Å². The van der Waals surface area contributed by atoms with Crippen molar-refractivity contribution in [1.82, 2.24) is 0 Å². The number of anilines is 1. The average molecular weight is 363 g/mol. The molecule has 0 heterocycles. The molecule has 2 rings (SSSR count). The molecule has 2 nitrogen and oxygen atoms in total. The van der Waals surface area contributed by atoms with Crippen LogP contribution >= 0.6 is 31.9 Å². The van der Waals surface area contributed by atoms with Gasteiger partial charge in [0.1, 0.15) is 0 Å². The molecule has 0 bridgehead atoms. The summed E-state index contributed by atoms with van der Waals surface area (Å²) in [5, 5.41) is 13.5. The van der Waals surface area contributed by atoms with Gasteiger partial charge in [-0.3, -0.25) is 0 Å². The Kier molecular flexibility index (Phi) is 4.88. The van der Waals surface area contributed by atoms with E-state index in [0.717, 1.165) is 33.9 Å². The van der Waals surface area contributed by atoms with Crippen molar-refractivity contribution >= 4 is 37.5 Å². The van der Waals surface area contributed by atoms with Crippen LogP contribution in [0.25, 0.3) is 0 Å². The molecule has 2 unspecified atom stereocenters.